The Kier molecular flexibility index (Phi) is 6.22. The van der Waals surface area contributed by atoms with Gasteiger partial charge in [-0.3, -0.25) is 4.79 Å². The molecule has 0 spiro atoms. The molecule has 1 heterocycles. The van der Waals surface area contributed by atoms with Crippen LogP contribution in [0.5, 0.6) is 0 Å². The van der Waals surface area contributed by atoms with Crippen LogP contribution in [-0.2, 0) is 15.1 Å². The van der Waals surface area contributed by atoms with Crippen molar-refractivity contribution in [1.82, 2.24) is 4.90 Å². The second-order valence-corrected chi connectivity index (χ2v) is 8.09. The molecule has 1 fully saturated rings. The summed E-state index contributed by atoms with van der Waals surface area (Å²) in [5.41, 5.74) is 1.12. The zero-order chi connectivity index (χ0) is 19.4. The van der Waals surface area contributed by atoms with E-state index in [0.717, 1.165) is 15.6 Å². The van der Waals surface area contributed by atoms with E-state index in [0.29, 0.717) is 19.4 Å². The second-order valence-electron chi connectivity index (χ2n) is 6.75. The maximum Gasteiger partial charge on any atom is 0.411 e. The number of benzene rings is 2. The van der Waals surface area contributed by atoms with Crippen LogP contribution in [0.3, 0.4) is 0 Å². The van der Waals surface area contributed by atoms with Gasteiger partial charge in [0.1, 0.15) is 5.60 Å². The van der Waals surface area contributed by atoms with Crippen molar-refractivity contribution >= 4 is 38.9 Å². The van der Waals surface area contributed by atoms with Gasteiger partial charge in [-0.2, -0.15) is 0 Å². The quantitative estimate of drug-likeness (QED) is 0.523. The van der Waals surface area contributed by atoms with E-state index in [1.165, 1.54) is 0 Å². The predicted molar refractivity (Wildman–Crippen MR) is 109 cm³/mol. The number of amides is 1. The summed E-state index contributed by atoms with van der Waals surface area (Å²) in [6, 6.07) is 17.4. The van der Waals surface area contributed by atoms with Crippen LogP contribution in [0.25, 0.3) is 0 Å². The number of halogens is 2. The average Bonchev–Trinajstić information content (AvgIpc) is 2.67. The smallest absolute Gasteiger partial charge is 0.411 e. The molecule has 0 bridgehead atoms. The van der Waals surface area contributed by atoms with Gasteiger partial charge in [0.25, 0.3) is 0 Å². The standard InChI is InChI=1S/C21H21BrClNO3/c1-15(16-7-9-18(22)10-8-16)24-14-13-21(27-20(24)26,12-11-19(23)25)17-5-3-2-4-6-17/h2-10,15H,11-14H2,1H3/t15-,21+/m0/s1. The first-order valence-corrected chi connectivity index (χ1v) is 10.1. The lowest BCUT2D eigenvalue weighted by Gasteiger charge is -2.43. The van der Waals surface area contributed by atoms with Gasteiger partial charge in [0.2, 0.25) is 5.24 Å². The average molecular weight is 451 g/mol. The largest absolute Gasteiger partial charge is 0.438 e. The van der Waals surface area contributed by atoms with E-state index in [2.05, 4.69) is 15.9 Å². The summed E-state index contributed by atoms with van der Waals surface area (Å²) in [4.78, 5) is 26.0. The van der Waals surface area contributed by atoms with E-state index in [1.807, 2.05) is 61.5 Å². The fraction of sp³-hybridized carbons (Fsp3) is 0.333. The molecule has 1 saturated heterocycles. The highest BCUT2D eigenvalue weighted by Crippen LogP contribution is 2.40. The molecule has 1 aliphatic heterocycles. The van der Waals surface area contributed by atoms with Crippen molar-refractivity contribution < 1.29 is 14.3 Å². The van der Waals surface area contributed by atoms with Gasteiger partial charge in [-0.1, -0.05) is 58.4 Å². The Morgan fingerprint density at radius 3 is 2.48 bits per heavy atom. The van der Waals surface area contributed by atoms with Crippen LogP contribution in [0.15, 0.2) is 59.1 Å². The Balaban J connectivity index is 1.82. The van der Waals surface area contributed by atoms with Crippen molar-refractivity contribution in [2.24, 2.45) is 0 Å². The highest BCUT2D eigenvalue weighted by molar-refractivity contribution is 9.10. The van der Waals surface area contributed by atoms with Gasteiger partial charge in [0.05, 0.1) is 6.04 Å². The first-order chi connectivity index (χ1) is 12.9. The zero-order valence-electron chi connectivity index (χ0n) is 15.0. The van der Waals surface area contributed by atoms with E-state index < -0.39 is 10.8 Å². The monoisotopic (exact) mass is 449 g/mol. The topological polar surface area (TPSA) is 46.6 Å². The van der Waals surface area contributed by atoms with Crippen LogP contribution < -0.4 is 0 Å². The minimum Gasteiger partial charge on any atom is -0.438 e. The van der Waals surface area contributed by atoms with Crippen molar-refractivity contribution in [3.8, 4) is 0 Å². The lowest BCUT2D eigenvalue weighted by Crippen LogP contribution is -2.48. The van der Waals surface area contributed by atoms with Crippen LogP contribution in [0, 0.1) is 0 Å². The molecule has 27 heavy (non-hydrogen) atoms. The Morgan fingerprint density at radius 1 is 1.22 bits per heavy atom. The summed E-state index contributed by atoms with van der Waals surface area (Å²) in [6.07, 6.45) is 0.772. The normalized spacial score (nSPS) is 20.9. The van der Waals surface area contributed by atoms with Crippen LogP contribution in [-0.4, -0.2) is 22.8 Å². The maximum absolute atomic E-state index is 12.9. The van der Waals surface area contributed by atoms with E-state index in [-0.39, 0.29) is 18.6 Å². The van der Waals surface area contributed by atoms with Gasteiger partial charge < -0.3 is 9.64 Å². The number of carbonyl (C=O) groups is 2. The van der Waals surface area contributed by atoms with Gasteiger partial charge in [0.15, 0.2) is 0 Å². The molecule has 0 aromatic heterocycles. The van der Waals surface area contributed by atoms with Gasteiger partial charge in [-0.05, 0) is 48.2 Å². The SMILES string of the molecule is C[C@@H](c1ccc(Br)cc1)N1CC[C@](CCC(=O)Cl)(c2ccccc2)OC1=O. The van der Waals surface area contributed by atoms with Crippen molar-refractivity contribution in [1.29, 1.82) is 0 Å². The summed E-state index contributed by atoms with van der Waals surface area (Å²) in [5.74, 6) is 0. The minimum atomic E-state index is -0.821. The third kappa shape index (κ3) is 4.53. The number of nitrogens with zero attached hydrogens (tertiary/aromatic N) is 1. The number of ether oxygens (including phenoxy) is 1. The molecule has 6 heteroatoms. The first-order valence-electron chi connectivity index (χ1n) is 8.90. The summed E-state index contributed by atoms with van der Waals surface area (Å²) < 4.78 is 6.95. The zero-order valence-corrected chi connectivity index (χ0v) is 17.4. The summed E-state index contributed by atoms with van der Waals surface area (Å²) >= 11 is 8.99. The molecule has 2 aromatic carbocycles. The third-order valence-electron chi connectivity index (χ3n) is 5.12. The number of hydrogen-bond donors (Lipinski definition) is 0. The maximum atomic E-state index is 12.9. The number of cyclic esters (lactones) is 1. The first kappa shape index (κ1) is 19.9. The lowest BCUT2D eigenvalue weighted by molar-refractivity contribution is -0.114. The molecule has 1 amide bonds. The van der Waals surface area contributed by atoms with Gasteiger partial charge >= 0.3 is 6.09 Å². The number of rotatable bonds is 6. The van der Waals surface area contributed by atoms with E-state index in [1.54, 1.807) is 4.90 Å². The molecule has 0 aliphatic carbocycles. The molecule has 2 atom stereocenters. The van der Waals surface area contributed by atoms with Crippen LogP contribution in [0.1, 0.15) is 43.4 Å². The lowest BCUT2D eigenvalue weighted by atomic mass is 9.84. The van der Waals surface area contributed by atoms with Crippen molar-refractivity contribution in [2.45, 2.75) is 37.8 Å². The highest BCUT2D eigenvalue weighted by Gasteiger charge is 2.43. The molecule has 3 rings (SSSR count). The van der Waals surface area contributed by atoms with Crippen molar-refractivity contribution in [3.63, 3.8) is 0 Å². The van der Waals surface area contributed by atoms with Crippen LogP contribution in [0.4, 0.5) is 4.79 Å². The van der Waals surface area contributed by atoms with Gasteiger partial charge in [0, 0.05) is 23.9 Å². The van der Waals surface area contributed by atoms with E-state index in [4.69, 9.17) is 16.3 Å². The Morgan fingerprint density at radius 2 is 1.89 bits per heavy atom. The van der Waals surface area contributed by atoms with E-state index in [9.17, 15) is 9.59 Å². The van der Waals surface area contributed by atoms with Gasteiger partial charge in [-0.25, -0.2) is 4.79 Å². The summed E-state index contributed by atoms with van der Waals surface area (Å²) in [7, 11) is 0. The molecular weight excluding hydrogens is 430 g/mol. The molecule has 142 valence electrons. The van der Waals surface area contributed by atoms with Crippen LogP contribution >= 0.6 is 27.5 Å². The fourth-order valence-corrected chi connectivity index (χ4v) is 3.87. The molecule has 0 N–H and O–H groups in total. The summed E-state index contributed by atoms with van der Waals surface area (Å²) in [5, 5.41) is -0.424. The van der Waals surface area contributed by atoms with E-state index >= 15 is 0 Å². The molecule has 0 unspecified atom stereocenters. The Labute approximate surface area is 172 Å². The fourth-order valence-electron chi connectivity index (χ4n) is 3.51. The molecule has 4 nitrogen and oxygen atoms in total. The highest BCUT2D eigenvalue weighted by atomic mass is 79.9. The predicted octanol–water partition coefficient (Wildman–Crippen LogP) is 5.79. The van der Waals surface area contributed by atoms with Crippen LogP contribution in [0.2, 0.25) is 0 Å². The number of carbonyl (C=O) groups excluding carboxylic acids is 2. The molecular formula is C21H21BrClNO3. The van der Waals surface area contributed by atoms with Gasteiger partial charge in [-0.15, -0.1) is 0 Å². The van der Waals surface area contributed by atoms with Crippen molar-refractivity contribution in [3.05, 3.63) is 70.2 Å². The second kappa shape index (κ2) is 8.44. The Bertz CT molecular complexity index is 812. The molecule has 0 radical (unpaired) electrons. The third-order valence-corrected chi connectivity index (χ3v) is 5.84. The minimum absolute atomic E-state index is 0.103. The number of hydrogen-bond acceptors (Lipinski definition) is 3. The van der Waals surface area contributed by atoms with Crippen molar-refractivity contribution in [2.75, 3.05) is 6.54 Å². The molecule has 0 saturated carbocycles. The Hall–Kier alpha value is -1.85. The summed E-state index contributed by atoms with van der Waals surface area (Å²) in [6.45, 7) is 2.53. The molecule has 2 aromatic rings. The molecule has 1 aliphatic rings.